The molecule has 0 aliphatic carbocycles. The van der Waals surface area contributed by atoms with Crippen molar-refractivity contribution in [1.29, 1.82) is 0 Å². The molecule has 0 saturated heterocycles. The quantitative estimate of drug-likeness (QED) is 0.616. The number of benzene rings is 1. The molecular formula is C16H22ClN3O5S. The number of aliphatic hydroxyl groups is 1. The summed E-state index contributed by atoms with van der Waals surface area (Å²) >= 11 is 5.89. The van der Waals surface area contributed by atoms with E-state index >= 15 is 0 Å². The lowest BCUT2D eigenvalue weighted by molar-refractivity contribution is -0.105. The van der Waals surface area contributed by atoms with Gasteiger partial charge in [-0.25, -0.2) is 9.17 Å². The van der Waals surface area contributed by atoms with Crippen LogP contribution in [0.5, 0.6) is 0 Å². The zero-order valence-corrected chi connectivity index (χ0v) is 16.1. The maximum atomic E-state index is 11.4. The predicted octanol–water partition coefficient (Wildman–Crippen LogP) is 2.14. The normalized spacial score (nSPS) is 15.0. The minimum atomic E-state index is -4.61. The highest BCUT2D eigenvalue weighted by atomic mass is 35.5. The van der Waals surface area contributed by atoms with Gasteiger partial charge in [0, 0.05) is 10.4 Å². The highest BCUT2D eigenvalue weighted by Crippen LogP contribution is 2.37. The average Bonchev–Trinajstić information content (AvgIpc) is 3.04. The molecular weight excluding hydrogens is 382 g/mol. The summed E-state index contributed by atoms with van der Waals surface area (Å²) in [7, 11) is -4.61. The minimum Gasteiger partial charge on any atom is -0.387 e. The molecule has 1 unspecified atom stereocenters. The molecule has 1 atom stereocenters. The fraction of sp³-hybridized carbons (Fsp3) is 0.500. The molecule has 0 aliphatic rings. The van der Waals surface area contributed by atoms with E-state index in [9.17, 15) is 13.5 Å². The van der Waals surface area contributed by atoms with Crippen LogP contribution in [-0.2, 0) is 27.5 Å². The van der Waals surface area contributed by atoms with Crippen molar-refractivity contribution in [2.45, 2.75) is 38.8 Å². The number of halogens is 1. The van der Waals surface area contributed by atoms with Crippen LogP contribution in [0.15, 0.2) is 36.9 Å². The van der Waals surface area contributed by atoms with Gasteiger partial charge in [0.15, 0.2) is 0 Å². The molecule has 10 heteroatoms. The Morgan fingerprint density at radius 3 is 2.46 bits per heavy atom. The third kappa shape index (κ3) is 5.75. The van der Waals surface area contributed by atoms with E-state index < -0.39 is 28.0 Å². The van der Waals surface area contributed by atoms with E-state index in [1.54, 1.807) is 26.0 Å². The van der Waals surface area contributed by atoms with Crippen molar-refractivity contribution >= 4 is 22.0 Å². The topological polar surface area (TPSA) is 115 Å². The molecule has 1 aromatic carbocycles. The monoisotopic (exact) mass is 403 g/mol. The van der Waals surface area contributed by atoms with Crippen molar-refractivity contribution in [2.24, 2.45) is 5.41 Å². The van der Waals surface area contributed by atoms with Gasteiger partial charge in [-0.2, -0.15) is 13.5 Å². The van der Waals surface area contributed by atoms with Gasteiger partial charge in [0.05, 0.1) is 18.8 Å². The van der Waals surface area contributed by atoms with Crippen molar-refractivity contribution in [3.8, 4) is 0 Å². The van der Waals surface area contributed by atoms with Crippen molar-refractivity contribution in [2.75, 3.05) is 6.61 Å². The molecule has 2 rings (SSSR count). The number of aryl methyl sites for hydroxylation is 1. The van der Waals surface area contributed by atoms with Crippen LogP contribution < -0.4 is 0 Å². The van der Waals surface area contributed by atoms with Crippen LogP contribution in [0.2, 0.25) is 5.02 Å². The summed E-state index contributed by atoms with van der Waals surface area (Å²) in [6.45, 7) is 3.02. The first-order valence-electron chi connectivity index (χ1n) is 7.92. The standard InChI is InChI=1S/C16H22ClN3O5S/c1-15(2,10-25-26(22,23)24)16(21,9-20-12-18-11-19-20)8-7-13-3-5-14(17)6-4-13/h3-6,11-12,21H,7-10H2,1-2H3,(H,22,23,24). The molecule has 0 aliphatic heterocycles. The van der Waals surface area contributed by atoms with Gasteiger partial charge in [0.2, 0.25) is 0 Å². The fourth-order valence-corrected chi connectivity index (χ4v) is 3.14. The zero-order valence-electron chi connectivity index (χ0n) is 14.5. The molecule has 0 saturated carbocycles. The highest BCUT2D eigenvalue weighted by molar-refractivity contribution is 7.80. The molecule has 1 aromatic heterocycles. The molecule has 26 heavy (non-hydrogen) atoms. The Kier molecular flexibility index (Phi) is 6.41. The summed E-state index contributed by atoms with van der Waals surface area (Å²) in [6, 6.07) is 7.25. The van der Waals surface area contributed by atoms with E-state index in [0.29, 0.717) is 17.9 Å². The lowest BCUT2D eigenvalue weighted by Crippen LogP contribution is -2.51. The van der Waals surface area contributed by atoms with Crippen molar-refractivity contribution < 1.29 is 22.3 Å². The average molecular weight is 404 g/mol. The molecule has 144 valence electrons. The van der Waals surface area contributed by atoms with Gasteiger partial charge in [-0.1, -0.05) is 37.6 Å². The number of rotatable bonds is 9. The second kappa shape index (κ2) is 8.01. The summed E-state index contributed by atoms with van der Waals surface area (Å²) < 4.78 is 36.8. The van der Waals surface area contributed by atoms with Crippen molar-refractivity contribution in [3.63, 3.8) is 0 Å². The Labute approximate surface area is 157 Å². The van der Waals surface area contributed by atoms with Gasteiger partial charge in [-0.15, -0.1) is 0 Å². The lowest BCUT2D eigenvalue weighted by Gasteiger charge is -2.42. The molecule has 0 spiro atoms. The van der Waals surface area contributed by atoms with Gasteiger partial charge in [-0.3, -0.25) is 9.23 Å². The molecule has 0 fully saturated rings. The Balaban J connectivity index is 2.21. The summed E-state index contributed by atoms with van der Waals surface area (Å²) in [5, 5.41) is 16.0. The van der Waals surface area contributed by atoms with Crippen LogP contribution in [0.3, 0.4) is 0 Å². The van der Waals surface area contributed by atoms with Crippen LogP contribution in [0, 0.1) is 5.41 Å². The zero-order chi connectivity index (χ0) is 19.4. The molecule has 8 nitrogen and oxygen atoms in total. The number of aromatic nitrogens is 3. The summed E-state index contributed by atoms with van der Waals surface area (Å²) in [5.41, 5.74) is -1.43. The van der Waals surface area contributed by atoms with E-state index in [1.165, 1.54) is 17.3 Å². The summed E-state index contributed by atoms with van der Waals surface area (Å²) in [6.07, 6.45) is 3.64. The fourth-order valence-electron chi connectivity index (χ4n) is 2.57. The van der Waals surface area contributed by atoms with E-state index in [1.807, 2.05) is 12.1 Å². The number of nitrogens with zero attached hydrogens (tertiary/aromatic N) is 3. The first-order chi connectivity index (χ1) is 12.0. The summed E-state index contributed by atoms with van der Waals surface area (Å²) in [4.78, 5) is 3.86. The number of hydrogen-bond acceptors (Lipinski definition) is 6. The molecule has 0 bridgehead atoms. The first kappa shape index (κ1) is 20.8. The van der Waals surface area contributed by atoms with Crippen LogP contribution in [0.4, 0.5) is 0 Å². The van der Waals surface area contributed by atoms with Gasteiger partial charge >= 0.3 is 10.4 Å². The molecule has 0 amide bonds. The Bertz CT molecular complexity index is 809. The van der Waals surface area contributed by atoms with Gasteiger partial charge < -0.3 is 5.11 Å². The Morgan fingerprint density at radius 2 is 1.92 bits per heavy atom. The van der Waals surface area contributed by atoms with Crippen LogP contribution in [0.25, 0.3) is 0 Å². The maximum Gasteiger partial charge on any atom is 0.397 e. The number of hydrogen-bond donors (Lipinski definition) is 2. The van der Waals surface area contributed by atoms with Crippen LogP contribution in [0.1, 0.15) is 25.8 Å². The van der Waals surface area contributed by atoms with E-state index in [-0.39, 0.29) is 6.54 Å². The minimum absolute atomic E-state index is 0.0857. The second-order valence-electron chi connectivity index (χ2n) is 6.82. The molecule has 1 heterocycles. The smallest absolute Gasteiger partial charge is 0.387 e. The predicted molar refractivity (Wildman–Crippen MR) is 96.0 cm³/mol. The summed E-state index contributed by atoms with van der Waals surface area (Å²) in [5.74, 6) is 0. The third-order valence-electron chi connectivity index (χ3n) is 4.46. The lowest BCUT2D eigenvalue weighted by atomic mass is 9.72. The van der Waals surface area contributed by atoms with Crippen molar-refractivity contribution in [1.82, 2.24) is 14.8 Å². The van der Waals surface area contributed by atoms with Crippen molar-refractivity contribution in [3.05, 3.63) is 47.5 Å². The SMILES string of the molecule is CC(C)(COS(=O)(=O)O)C(O)(CCc1ccc(Cl)cc1)Cn1cncn1. The maximum absolute atomic E-state index is 11.4. The van der Waals surface area contributed by atoms with E-state index in [4.69, 9.17) is 16.2 Å². The van der Waals surface area contributed by atoms with Gasteiger partial charge in [0.1, 0.15) is 12.7 Å². The van der Waals surface area contributed by atoms with Gasteiger partial charge in [0.25, 0.3) is 0 Å². The van der Waals surface area contributed by atoms with Crippen LogP contribution >= 0.6 is 11.6 Å². The third-order valence-corrected chi connectivity index (χ3v) is 5.13. The Hall–Kier alpha value is -1.52. The molecule has 2 N–H and O–H groups in total. The molecule has 0 radical (unpaired) electrons. The Morgan fingerprint density at radius 1 is 1.27 bits per heavy atom. The van der Waals surface area contributed by atoms with Crippen LogP contribution in [-0.4, -0.2) is 45.0 Å². The van der Waals surface area contributed by atoms with E-state index in [2.05, 4.69) is 14.3 Å². The second-order valence-corrected chi connectivity index (χ2v) is 8.35. The van der Waals surface area contributed by atoms with E-state index in [0.717, 1.165) is 5.56 Å². The largest absolute Gasteiger partial charge is 0.397 e. The first-order valence-corrected chi connectivity index (χ1v) is 9.66. The highest BCUT2D eigenvalue weighted by Gasteiger charge is 2.44. The van der Waals surface area contributed by atoms with Gasteiger partial charge in [-0.05, 0) is 30.5 Å². The molecule has 2 aromatic rings.